The summed E-state index contributed by atoms with van der Waals surface area (Å²) < 4.78 is 5.22. The molecule has 52 valence electrons. The first-order valence-corrected chi connectivity index (χ1v) is 3.52. The number of hydrogen-bond acceptors (Lipinski definition) is 2. The van der Waals surface area contributed by atoms with E-state index in [1.54, 1.807) is 0 Å². The molecule has 0 bridgehead atoms. The zero-order valence-corrected chi connectivity index (χ0v) is 6.05. The van der Waals surface area contributed by atoms with E-state index in [1.807, 2.05) is 6.92 Å². The number of rotatable bonds is 1. The van der Waals surface area contributed by atoms with Crippen LogP contribution in [0.25, 0.3) is 0 Å². The summed E-state index contributed by atoms with van der Waals surface area (Å²) in [4.78, 5) is 4.27. The van der Waals surface area contributed by atoms with Crippen molar-refractivity contribution in [1.82, 2.24) is 0 Å². The van der Waals surface area contributed by atoms with Crippen LogP contribution in [0.4, 0.5) is 0 Å². The second kappa shape index (κ2) is 2.85. The third-order valence-electron chi connectivity index (χ3n) is 1.45. The summed E-state index contributed by atoms with van der Waals surface area (Å²) in [6.07, 6.45) is 2.20. The van der Waals surface area contributed by atoms with Crippen molar-refractivity contribution in [3.63, 3.8) is 0 Å². The van der Waals surface area contributed by atoms with Gasteiger partial charge in [-0.3, -0.25) is 4.99 Å². The van der Waals surface area contributed by atoms with Crippen LogP contribution in [-0.2, 0) is 4.74 Å². The van der Waals surface area contributed by atoms with Crippen LogP contribution in [0.3, 0.4) is 0 Å². The molecule has 0 aromatic carbocycles. The zero-order chi connectivity index (χ0) is 6.69. The molecule has 0 radical (unpaired) electrons. The Balaban J connectivity index is 2.33. The number of nitrogens with zero attached hydrogens (tertiary/aromatic N) is 1. The summed E-state index contributed by atoms with van der Waals surface area (Å²) in [6, 6.07) is 0.492. The molecule has 0 aromatic heterocycles. The molecule has 0 saturated heterocycles. The lowest BCUT2D eigenvalue weighted by atomic mass is 10.2. The van der Waals surface area contributed by atoms with Crippen LogP contribution >= 0.6 is 0 Å². The van der Waals surface area contributed by atoms with Gasteiger partial charge in [0.05, 0.1) is 12.6 Å². The van der Waals surface area contributed by atoms with Crippen molar-refractivity contribution >= 4 is 5.90 Å². The van der Waals surface area contributed by atoms with Crippen LogP contribution < -0.4 is 0 Å². The molecule has 9 heavy (non-hydrogen) atoms. The predicted octanol–water partition coefficient (Wildman–Crippen LogP) is 1.60. The molecule has 1 aliphatic rings. The van der Waals surface area contributed by atoms with E-state index in [-0.39, 0.29) is 0 Å². The van der Waals surface area contributed by atoms with E-state index in [0.29, 0.717) is 6.04 Å². The molecule has 0 spiro atoms. The summed E-state index contributed by atoms with van der Waals surface area (Å²) in [5.41, 5.74) is 0. The standard InChI is InChI=1S/C7H13NO/c1-3-9-7-5-4-6(2)8-7/h6H,3-5H2,1-2H3. The van der Waals surface area contributed by atoms with Gasteiger partial charge in [0.2, 0.25) is 0 Å². The van der Waals surface area contributed by atoms with Crippen LogP contribution in [0.15, 0.2) is 4.99 Å². The van der Waals surface area contributed by atoms with E-state index in [2.05, 4.69) is 11.9 Å². The van der Waals surface area contributed by atoms with Gasteiger partial charge in [0.15, 0.2) is 5.90 Å². The van der Waals surface area contributed by atoms with Crippen LogP contribution in [0.5, 0.6) is 0 Å². The van der Waals surface area contributed by atoms with Crippen molar-refractivity contribution in [2.24, 2.45) is 4.99 Å². The van der Waals surface area contributed by atoms with Crippen molar-refractivity contribution in [3.05, 3.63) is 0 Å². The molecule has 1 rings (SSSR count). The lowest BCUT2D eigenvalue weighted by molar-refractivity contribution is 0.321. The Bertz CT molecular complexity index is 120. The van der Waals surface area contributed by atoms with Gasteiger partial charge in [0.1, 0.15) is 0 Å². The molecule has 0 N–H and O–H groups in total. The molecular formula is C7H13NO. The normalized spacial score (nSPS) is 26.0. The van der Waals surface area contributed by atoms with Crippen molar-refractivity contribution in [1.29, 1.82) is 0 Å². The number of aliphatic imine (C=N–C) groups is 1. The lowest BCUT2D eigenvalue weighted by Crippen LogP contribution is -1.98. The third-order valence-corrected chi connectivity index (χ3v) is 1.45. The maximum Gasteiger partial charge on any atom is 0.183 e. The molecule has 1 heterocycles. The van der Waals surface area contributed by atoms with Gasteiger partial charge in [-0.1, -0.05) is 0 Å². The van der Waals surface area contributed by atoms with Gasteiger partial charge in [-0.2, -0.15) is 0 Å². The second-order valence-electron chi connectivity index (χ2n) is 2.34. The molecule has 0 aliphatic carbocycles. The summed E-state index contributed by atoms with van der Waals surface area (Å²) in [5.74, 6) is 0.949. The molecule has 1 atom stereocenters. The van der Waals surface area contributed by atoms with Crippen LogP contribution in [0, 0.1) is 0 Å². The SMILES string of the molecule is CCOC1=NC(C)CC1. The molecule has 0 amide bonds. The first-order chi connectivity index (χ1) is 4.33. The highest BCUT2D eigenvalue weighted by molar-refractivity contribution is 5.77. The maximum absolute atomic E-state index is 5.22. The van der Waals surface area contributed by atoms with E-state index < -0.39 is 0 Å². The highest BCUT2D eigenvalue weighted by atomic mass is 16.5. The van der Waals surface area contributed by atoms with Crippen molar-refractivity contribution in [2.75, 3.05) is 6.61 Å². The van der Waals surface area contributed by atoms with Gasteiger partial charge in [-0.15, -0.1) is 0 Å². The number of hydrogen-bond donors (Lipinski definition) is 0. The Kier molecular flexibility index (Phi) is 2.09. The minimum absolute atomic E-state index is 0.492. The van der Waals surface area contributed by atoms with Crippen LogP contribution in [0.1, 0.15) is 26.7 Å². The average molecular weight is 127 g/mol. The fraction of sp³-hybridized carbons (Fsp3) is 0.857. The van der Waals surface area contributed by atoms with Gasteiger partial charge >= 0.3 is 0 Å². The molecular weight excluding hydrogens is 114 g/mol. The molecule has 2 heteroatoms. The average Bonchev–Trinajstić information content (AvgIpc) is 2.17. The predicted molar refractivity (Wildman–Crippen MR) is 37.8 cm³/mol. The van der Waals surface area contributed by atoms with Crippen molar-refractivity contribution < 1.29 is 4.74 Å². The molecule has 2 nitrogen and oxygen atoms in total. The smallest absolute Gasteiger partial charge is 0.183 e. The summed E-state index contributed by atoms with van der Waals surface area (Å²) in [6.45, 7) is 4.86. The van der Waals surface area contributed by atoms with Gasteiger partial charge in [-0.25, -0.2) is 0 Å². The van der Waals surface area contributed by atoms with Gasteiger partial charge in [0, 0.05) is 6.42 Å². The number of ether oxygens (including phenoxy) is 1. The fourth-order valence-electron chi connectivity index (χ4n) is 0.983. The first kappa shape index (κ1) is 6.59. The first-order valence-electron chi connectivity index (χ1n) is 3.52. The van der Waals surface area contributed by atoms with Crippen LogP contribution in [0.2, 0.25) is 0 Å². The minimum atomic E-state index is 0.492. The fourth-order valence-corrected chi connectivity index (χ4v) is 0.983. The van der Waals surface area contributed by atoms with E-state index in [9.17, 15) is 0 Å². The quantitative estimate of drug-likeness (QED) is 0.524. The Labute approximate surface area is 55.9 Å². The molecule has 0 aromatic rings. The summed E-state index contributed by atoms with van der Waals surface area (Å²) in [5, 5.41) is 0. The highest BCUT2D eigenvalue weighted by Gasteiger charge is 2.12. The van der Waals surface area contributed by atoms with Gasteiger partial charge in [-0.05, 0) is 20.3 Å². The van der Waals surface area contributed by atoms with E-state index in [0.717, 1.165) is 25.3 Å². The van der Waals surface area contributed by atoms with E-state index in [1.165, 1.54) is 0 Å². The molecule has 0 saturated carbocycles. The minimum Gasteiger partial charge on any atom is -0.481 e. The van der Waals surface area contributed by atoms with Crippen molar-refractivity contribution in [3.8, 4) is 0 Å². The lowest BCUT2D eigenvalue weighted by Gasteiger charge is -1.97. The van der Waals surface area contributed by atoms with Gasteiger partial charge in [0.25, 0.3) is 0 Å². The molecule has 0 fully saturated rings. The largest absolute Gasteiger partial charge is 0.481 e. The molecule has 1 aliphatic heterocycles. The summed E-state index contributed by atoms with van der Waals surface area (Å²) in [7, 11) is 0. The molecule has 1 unspecified atom stereocenters. The van der Waals surface area contributed by atoms with E-state index >= 15 is 0 Å². The Morgan fingerprint density at radius 3 is 3.00 bits per heavy atom. The monoisotopic (exact) mass is 127 g/mol. The Morgan fingerprint density at radius 1 is 1.78 bits per heavy atom. The zero-order valence-electron chi connectivity index (χ0n) is 6.05. The van der Waals surface area contributed by atoms with Gasteiger partial charge < -0.3 is 4.74 Å². The van der Waals surface area contributed by atoms with Crippen molar-refractivity contribution in [2.45, 2.75) is 32.7 Å². The Hall–Kier alpha value is -0.530. The highest BCUT2D eigenvalue weighted by Crippen LogP contribution is 2.12. The topological polar surface area (TPSA) is 21.6 Å². The summed E-state index contributed by atoms with van der Waals surface area (Å²) >= 11 is 0. The van der Waals surface area contributed by atoms with E-state index in [4.69, 9.17) is 4.74 Å². The second-order valence-corrected chi connectivity index (χ2v) is 2.34. The Morgan fingerprint density at radius 2 is 2.56 bits per heavy atom. The third kappa shape index (κ3) is 1.70. The maximum atomic E-state index is 5.22. The van der Waals surface area contributed by atoms with Crippen LogP contribution in [-0.4, -0.2) is 18.5 Å².